The number of carbonyl (C=O) groups excluding carboxylic acids is 1. The molecule has 4 heteroatoms. The van der Waals surface area contributed by atoms with Crippen molar-refractivity contribution in [3.05, 3.63) is 60.8 Å². The van der Waals surface area contributed by atoms with Gasteiger partial charge in [0.2, 0.25) is 5.91 Å². The van der Waals surface area contributed by atoms with Gasteiger partial charge in [-0.2, -0.15) is 0 Å². The summed E-state index contributed by atoms with van der Waals surface area (Å²) in [5, 5.41) is 11.8. The van der Waals surface area contributed by atoms with Crippen molar-refractivity contribution < 1.29 is 14.7 Å². The first-order chi connectivity index (χ1) is 15.5. The number of nitrogens with one attached hydrogen (secondary N) is 1. The van der Waals surface area contributed by atoms with E-state index in [0.717, 1.165) is 57.8 Å². The van der Waals surface area contributed by atoms with E-state index in [9.17, 15) is 14.7 Å². The summed E-state index contributed by atoms with van der Waals surface area (Å²) in [7, 11) is 0. The number of carboxylic acid groups (broad SMARTS) is 1. The highest BCUT2D eigenvalue weighted by Gasteiger charge is 2.20. The van der Waals surface area contributed by atoms with E-state index in [1.165, 1.54) is 0 Å². The van der Waals surface area contributed by atoms with E-state index in [1.807, 2.05) is 13.8 Å². The molecule has 188 valence electrons. The molecule has 2 N–H and O–H groups in total. The summed E-state index contributed by atoms with van der Waals surface area (Å²) in [6, 6.07) is -0.774. The number of amides is 1. The van der Waals surface area contributed by atoms with Crippen LogP contribution in [0.4, 0.5) is 0 Å². The molecule has 1 unspecified atom stereocenters. The van der Waals surface area contributed by atoms with Crippen LogP contribution in [0, 0.1) is 5.92 Å². The Hall–Kier alpha value is -2.36. The number of aliphatic carboxylic acids is 1. The van der Waals surface area contributed by atoms with Crippen LogP contribution in [0.25, 0.3) is 0 Å². The van der Waals surface area contributed by atoms with Crippen LogP contribution in [0.2, 0.25) is 0 Å². The topological polar surface area (TPSA) is 66.4 Å². The van der Waals surface area contributed by atoms with Gasteiger partial charge in [0.05, 0.1) is 0 Å². The maximum absolute atomic E-state index is 11.9. The minimum atomic E-state index is -0.953. The molecule has 0 saturated carbocycles. The number of allylic oxidation sites excluding steroid dienone is 10. The van der Waals surface area contributed by atoms with E-state index in [-0.39, 0.29) is 19.3 Å². The second-order valence-electron chi connectivity index (χ2n) is 8.40. The number of carboxylic acids is 1. The quantitative estimate of drug-likeness (QED) is 0.152. The third-order valence-electron chi connectivity index (χ3n) is 4.77. The van der Waals surface area contributed by atoms with E-state index in [4.69, 9.17) is 0 Å². The maximum atomic E-state index is 11.9. The standard InChI is InChI=1S/C28H45NO3.CH4/c1-4-5-6-7-8-9-10-11-12-13-14-15-16-17-18-19-20-21-22-23-27(30)29-26(28(31)32)24-25(2)3;/h5-6,8-9,11-12,14-15,17-18,25-26H,4,7,10,13,16,19-24H2,1-3H3,(H,29,30)(H,31,32);1H4/b6-5-,9-8-,12-11-,15-14-,18-17-;. The predicted molar refractivity (Wildman–Crippen MR) is 143 cm³/mol. The summed E-state index contributed by atoms with van der Waals surface area (Å²) in [5.41, 5.74) is 0. The molecular formula is C29H49NO3. The van der Waals surface area contributed by atoms with Crippen molar-refractivity contribution in [3.8, 4) is 0 Å². The van der Waals surface area contributed by atoms with Crippen molar-refractivity contribution in [2.75, 3.05) is 0 Å². The van der Waals surface area contributed by atoms with Gasteiger partial charge < -0.3 is 10.4 Å². The summed E-state index contributed by atoms with van der Waals surface area (Å²) in [6.45, 7) is 6.06. The normalized spacial score (nSPS) is 13.1. The monoisotopic (exact) mass is 459 g/mol. The molecule has 1 atom stereocenters. The van der Waals surface area contributed by atoms with Gasteiger partial charge >= 0.3 is 5.97 Å². The smallest absolute Gasteiger partial charge is 0.326 e. The highest BCUT2D eigenvalue weighted by Crippen LogP contribution is 2.08. The van der Waals surface area contributed by atoms with Crippen LogP contribution in [0.15, 0.2) is 60.8 Å². The SMILES string of the molecule is C.CC/C=C\C/C=C\C/C=C\C/C=C\C/C=C\CCCCCC(=O)NC(CC(C)C)C(=O)O. The number of carbonyl (C=O) groups is 2. The molecule has 0 spiro atoms. The molecule has 0 heterocycles. The van der Waals surface area contributed by atoms with E-state index < -0.39 is 12.0 Å². The molecule has 0 bridgehead atoms. The van der Waals surface area contributed by atoms with Crippen LogP contribution < -0.4 is 5.32 Å². The Morgan fingerprint density at radius 2 is 1.24 bits per heavy atom. The van der Waals surface area contributed by atoms with Crippen LogP contribution in [-0.2, 0) is 9.59 Å². The molecule has 4 nitrogen and oxygen atoms in total. The largest absolute Gasteiger partial charge is 0.480 e. The van der Waals surface area contributed by atoms with Gasteiger partial charge in [0, 0.05) is 6.42 Å². The molecule has 0 aliphatic rings. The second kappa shape index (κ2) is 24.3. The van der Waals surface area contributed by atoms with E-state index in [1.54, 1.807) is 0 Å². The minimum Gasteiger partial charge on any atom is -0.480 e. The molecule has 0 aromatic heterocycles. The molecule has 0 aromatic rings. The Bertz CT molecular complexity index is 627. The molecular weight excluding hydrogens is 410 g/mol. The summed E-state index contributed by atoms with van der Waals surface area (Å²) in [6.07, 6.45) is 31.7. The van der Waals surface area contributed by atoms with Crippen molar-refractivity contribution in [2.45, 2.75) is 105 Å². The fraction of sp³-hybridized carbons (Fsp3) is 0.586. The van der Waals surface area contributed by atoms with Gasteiger partial charge in [0.25, 0.3) is 0 Å². The lowest BCUT2D eigenvalue weighted by molar-refractivity contribution is -0.142. The van der Waals surface area contributed by atoms with E-state index in [2.05, 4.69) is 73.0 Å². The second-order valence-corrected chi connectivity index (χ2v) is 8.40. The number of hydrogen-bond donors (Lipinski definition) is 2. The van der Waals surface area contributed by atoms with Crippen LogP contribution in [0.1, 0.15) is 98.8 Å². The average Bonchev–Trinajstić information content (AvgIpc) is 2.74. The zero-order valence-electron chi connectivity index (χ0n) is 20.5. The van der Waals surface area contributed by atoms with Gasteiger partial charge in [-0.05, 0) is 63.7 Å². The molecule has 0 fully saturated rings. The molecule has 0 saturated heterocycles. The van der Waals surface area contributed by atoms with Crippen LogP contribution in [0.5, 0.6) is 0 Å². The Balaban J connectivity index is 0. The zero-order valence-corrected chi connectivity index (χ0v) is 20.5. The summed E-state index contributed by atoms with van der Waals surface area (Å²) < 4.78 is 0. The van der Waals surface area contributed by atoms with Gasteiger partial charge in [-0.15, -0.1) is 0 Å². The van der Waals surface area contributed by atoms with Gasteiger partial charge in [-0.1, -0.05) is 95.4 Å². The molecule has 0 aliphatic carbocycles. The summed E-state index contributed by atoms with van der Waals surface area (Å²) in [4.78, 5) is 23.1. The molecule has 0 rings (SSSR count). The fourth-order valence-corrected chi connectivity index (χ4v) is 3.05. The Morgan fingerprint density at radius 1 is 0.758 bits per heavy atom. The molecule has 1 amide bonds. The predicted octanol–water partition coefficient (Wildman–Crippen LogP) is 7.94. The van der Waals surface area contributed by atoms with Crippen molar-refractivity contribution in [1.29, 1.82) is 0 Å². The maximum Gasteiger partial charge on any atom is 0.326 e. The molecule has 0 aliphatic heterocycles. The lowest BCUT2D eigenvalue weighted by Crippen LogP contribution is -2.41. The minimum absolute atomic E-state index is 0. The van der Waals surface area contributed by atoms with Gasteiger partial charge in [0.15, 0.2) is 0 Å². The van der Waals surface area contributed by atoms with Crippen molar-refractivity contribution >= 4 is 11.9 Å². The summed E-state index contributed by atoms with van der Waals surface area (Å²) >= 11 is 0. The van der Waals surface area contributed by atoms with Crippen LogP contribution in [0.3, 0.4) is 0 Å². The number of hydrogen-bond acceptors (Lipinski definition) is 2. The third-order valence-corrected chi connectivity index (χ3v) is 4.77. The number of unbranched alkanes of at least 4 members (excludes halogenated alkanes) is 3. The summed E-state index contributed by atoms with van der Waals surface area (Å²) in [5.74, 6) is -0.877. The highest BCUT2D eigenvalue weighted by molar-refractivity contribution is 5.83. The lowest BCUT2D eigenvalue weighted by Gasteiger charge is -2.16. The van der Waals surface area contributed by atoms with E-state index >= 15 is 0 Å². The third kappa shape index (κ3) is 24.1. The lowest BCUT2D eigenvalue weighted by atomic mass is 10.0. The number of rotatable bonds is 19. The first-order valence-corrected chi connectivity index (χ1v) is 12.2. The molecule has 0 radical (unpaired) electrons. The van der Waals surface area contributed by atoms with Crippen molar-refractivity contribution in [1.82, 2.24) is 5.32 Å². The highest BCUT2D eigenvalue weighted by atomic mass is 16.4. The van der Waals surface area contributed by atoms with Gasteiger partial charge in [0.1, 0.15) is 6.04 Å². The zero-order chi connectivity index (χ0) is 23.9. The van der Waals surface area contributed by atoms with Crippen LogP contribution >= 0.6 is 0 Å². The molecule has 33 heavy (non-hydrogen) atoms. The first kappa shape index (κ1) is 32.8. The van der Waals surface area contributed by atoms with Crippen molar-refractivity contribution in [2.24, 2.45) is 5.92 Å². The first-order valence-electron chi connectivity index (χ1n) is 12.2. The van der Waals surface area contributed by atoms with Gasteiger partial charge in [-0.25, -0.2) is 4.79 Å². The van der Waals surface area contributed by atoms with E-state index in [0.29, 0.717) is 12.8 Å². The Labute approximate surface area is 203 Å². The molecule has 0 aromatic carbocycles. The fourth-order valence-electron chi connectivity index (χ4n) is 3.05. The average molecular weight is 460 g/mol. The Kier molecular flexibility index (Phi) is 24.2. The van der Waals surface area contributed by atoms with Crippen molar-refractivity contribution in [3.63, 3.8) is 0 Å². The van der Waals surface area contributed by atoms with Crippen LogP contribution in [-0.4, -0.2) is 23.0 Å². The Morgan fingerprint density at radius 3 is 1.70 bits per heavy atom. The van der Waals surface area contributed by atoms with Gasteiger partial charge in [-0.3, -0.25) is 4.79 Å².